The minimum absolute atomic E-state index is 0.292. The fourth-order valence-electron chi connectivity index (χ4n) is 1.81. The van der Waals surface area contributed by atoms with E-state index in [1.807, 2.05) is 13.8 Å². The van der Waals surface area contributed by atoms with E-state index in [1.165, 1.54) is 0 Å². The molecule has 0 N–H and O–H groups in total. The molecule has 0 spiro atoms. The van der Waals surface area contributed by atoms with Gasteiger partial charge in [0, 0.05) is 0 Å². The largest absolute Gasteiger partial charge is 0.465 e. The lowest BCUT2D eigenvalue weighted by molar-refractivity contribution is -0.147. The van der Waals surface area contributed by atoms with E-state index in [0.717, 1.165) is 0 Å². The van der Waals surface area contributed by atoms with Crippen LogP contribution in [-0.2, 0) is 19.1 Å². The number of alkyl halides is 2. The molecule has 0 aliphatic heterocycles. The summed E-state index contributed by atoms with van der Waals surface area (Å²) in [5, 5.41) is 0. The highest BCUT2D eigenvalue weighted by atomic mass is 35.5. The van der Waals surface area contributed by atoms with Crippen LogP contribution in [0.4, 0.5) is 0 Å². The third kappa shape index (κ3) is 6.17. The van der Waals surface area contributed by atoms with Crippen LogP contribution < -0.4 is 0 Å². The van der Waals surface area contributed by atoms with Gasteiger partial charge in [-0.25, -0.2) is 0 Å². The van der Waals surface area contributed by atoms with E-state index < -0.39 is 21.7 Å². The fourth-order valence-corrected chi connectivity index (χ4v) is 2.09. The lowest BCUT2D eigenvalue weighted by atomic mass is 9.98. The molecule has 0 aliphatic carbocycles. The number of esters is 2. The van der Waals surface area contributed by atoms with Crippen LogP contribution in [-0.4, -0.2) is 34.9 Å². The Balaban J connectivity index is 4.71. The zero-order valence-electron chi connectivity index (χ0n) is 13.8. The van der Waals surface area contributed by atoms with Crippen molar-refractivity contribution in [1.29, 1.82) is 0 Å². The summed E-state index contributed by atoms with van der Waals surface area (Å²) >= 11 is 12.6. The maximum absolute atomic E-state index is 11.8. The Morgan fingerprint density at radius 3 is 1.36 bits per heavy atom. The molecule has 0 bridgehead atoms. The molecule has 0 fully saturated rings. The zero-order chi connectivity index (χ0) is 17.2. The minimum atomic E-state index is -1.07. The first kappa shape index (κ1) is 21.3. The highest BCUT2D eigenvalue weighted by molar-refractivity contribution is 6.34. The Morgan fingerprint density at radius 2 is 1.14 bits per heavy atom. The van der Waals surface area contributed by atoms with E-state index >= 15 is 0 Å². The zero-order valence-corrected chi connectivity index (χ0v) is 15.3. The average molecular weight is 353 g/mol. The summed E-state index contributed by atoms with van der Waals surface area (Å²) in [5.74, 6) is -0.858. The van der Waals surface area contributed by atoms with Gasteiger partial charge in [0.05, 0.1) is 13.2 Å². The number of carbonyl (C=O) groups is 2. The van der Waals surface area contributed by atoms with Gasteiger partial charge in [-0.05, 0) is 39.5 Å². The van der Waals surface area contributed by atoms with Gasteiger partial charge in [-0.3, -0.25) is 9.59 Å². The first-order valence-corrected chi connectivity index (χ1v) is 8.42. The topological polar surface area (TPSA) is 52.6 Å². The van der Waals surface area contributed by atoms with Crippen LogP contribution in [0.1, 0.15) is 53.4 Å². The van der Waals surface area contributed by atoms with Gasteiger partial charge in [0.1, 0.15) is 9.75 Å². The van der Waals surface area contributed by atoms with Gasteiger partial charge in [0.15, 0.2) is 0 Å². The number of ether oxygens (including phenoxy) is 2. The van der Waals surface area contributed by atoms with Crippen molar-refractivity contribution in [3.8, 4) is 0 Å². The van der Waals surface area contributed by atoms with Crippen molar-refractivity contribution in [2.24, 2.45) is 0 Å². The van der Waals surface area contributed by atoms with Crippen LogP contribution in [0.15, 0.2) is 12.2 Å². The number of halogens is 2. The highest BCUT2D eigenvalue weighted by Gasteiger charge is 2.36. The second-order valence-electron chi connectivity index (χ2n) is 4.96. The summed E-state index contributed by atoms with van der Waals surface area (Å²) in [5.41, 5.74) is 0. The number of carbonyl (C=O) groups excluding carboxylic acids is 2. The van der Waals surface area contributed by atoms with Gasteiger partial charge in [0.2, 0.25) is 0 Å². The van der Waals surface area contributed by atoms with Crippen molar-refractivity contribution in [2.75, 3.05) is 13.2 Å². The van der Waals surface area contributed by atoms with Crippen molar-refractivity contribution in [3.63, 3.8) is 0 Å². The fraction of sp³-hybridized carbons (Fsp3) is 0.750. The van der Waals surface area contributed by atoms with Crippen molar-refractivity contribution in [2.45, 2.75) is 63.1 Å². The number of hydrogen-bond donors (Lipinski definition) is 0. The molecule has 0 aromatic heterocycles. The molecule has 0 radical (unpaired) electrons. The van der Waals surface area contributed by atoms with Gasteiger partial charge >= 0.3 is 11.9 Å². The number of hydrogen-bond acceptors (Lipinski definition) is 4. The molecular weight excluding hydrogens is 327 g/mol. The predicted molar refractivity (Wildman–Crippen MR) is 89.4 cm³/mol. The van der Waals surface area contributed by atoms with Gasteiger partial charge in [-0.1, -0.05) is 26.0 Å². The molecule has 2 unspecified atom stereocenters. The summed E-state index contributed by atoms with van der Waals surface area (Å²) in [6.45, 7) is 7.72. The van der Waals surface area contributed by atoms with Crippen LogP contribution >= 0.6 is 23.2 Å². The minimum Gasteiger partial charge on any atom is -0.465 e. The maximum Gasteiger partial charge on any atom is 0.327 e. The van der Waals surface area contributed by atoms with E-state index in [1.54, 1.807) is 26.0 Å². The molecule has 0 amide bonds. The van der Waals surface area contributed by atoms with Crippen molar-refractivity contribution < 1.29 is 19.1 Å². The summed E-state index contributed by atoms with van der Waals surface area (Å²) in [6.07, 6.45) is 5.08. The molecule has 0 aliphatic rings. The molecule has 0 saturated carbocycles. The summed E-state index contributed by atoms with van der Waals surface area (Å²) in [4.78, 5) is 21.6. The van der Waals surface area contributed by atoms with E-state index in [0.29, 0.717) is 38.9 Å². The van der Waals surface area contributed by atoms with E-state index in [9.17, 15) is 9.59 Å². The standard InChI is InChI=1S/C16H26Cl2O4/c1-5-15(17,13(19)21-7-3)11-9-10-12-16(18,6-2)14(20)22-8-4/h9-10H,5-8,11-12H2,1-4H3. The molecular formula is C16H26Cl2O4. The van der Waals surface area contributed by atoms with Crippen molar-refractivity contribution in [1.82, 2.24) is 0 Å². The average Bonchev–Trinajstić information content (AvgIpc) is 2.51. The van der Waals surface area contributed by atoms with Gasteiger partial charge in [0.25, 0.3) is 0 Å². The molecule has 0 aromatic rings. The molecule has 2 atom stereocenters. The Morgan fingerprint density at radius 1 is 0.818 bits per heavy atom. The van der Waals surface area contributed by atoms with Gasteiger partial charge < -0.3 is 9.47 Å². The molecule has 0 heterocycles. The Labute approximate surface area is 143 Å². The summed E-state index contributed by atoms with van der Waals surface area (Å²) in [6, 6.07) is 0. The molecule has 0 rings (SSSR count). The first-order valence-electron chi connectivity index (χ1n) is 7.66. The summed E-state index contributed by atoms with van der Waals surface area (Å²) < 4.78 is 9.96. The lowest BCUT2D eigenvalue weighted by Crippen LogP contribution is -2.34. The van der Waals surface area contributed by atoms with Crippen LogP contribution in [0, 0.1) is 0 Å². The van der Waals surface area contributed by atoms with Crippen LogP contribution in [0.5, 0.6) is 0 Å². The molecule has 0 aromatic carbocycles. The summed E-state index contributed by atoms with van der Waals surface area (Å²) in [7, 11) is 0. The predicted octanol–water partition coefficient (Wildman–Crippen LogP) is 4.22. The van der Waals surface area contributed by atoms with Gasteiger partial charge in [-0.15, -0.1) is 23.2 Å². The maximum atomic E-state index is 11.8. The SMILES string of the molecule is CCOC(=O)C(Cl)(CC)CC=CCC(Cl)(CC)C(=O)OCC. The molecule has 128 valence electrons. The highest BCUT2D eigenvalue weighted by Crippen LogP contribution is 2.29. The Bertz CT molecular complexity index is 362. The second-order valence-corrected chi connectivity index (χ2v) is 6.41. The monoisotopic (exact) mass is 352 g/mol. The van der Waals surface area contributed by atoms with Crippen LogP contribution in [0.3, 0.4) is 0 Å². The third-order valence-electron chi connectivity index (χ3n) is 3.45. The van der Waals surface area contributed by atoms with Crippen LogP contribution in [0.2, 0.25) is 0 Å². The Kier molecular flexibility index (Phi) is 9.77. The van der Waals surface area contributed by atoms with E-state index in [-0.39, 0.29) is 0 Å². The molecule has 0 saturated heterocycles. The molecule has 6 heteroatoms. The second kappa shape index (κ2) is 10.1. The van der Waals surface area contributed by atoms with E-state index in [2.05, 4.69) is 0 Å². The van der Waals surface area contributed by atoms with Crippen molar-refractivity contribution >= 4 is 35.1 Å². The first-order chi connectivity index (χ1) is 10.3. The quantitative estimate of drug-likeness (QED) is 0.335. The lowest BCUT2D eigenvalue weighted by Gasteiger charge is -2.23. The smallest absolute Gasteiger partial charge is 0.327 e. The third-order valence-corrected chi connectivity index (χ3v) is 4.60. The molecule has 22 heavy (non-hydrogen) atoms. The molecule has 4 nitrogen and oxygen atoms in total. The number of rotatable bonds is 10. The Hall–Kier alpha value is -0.740. The van der Waals surface area contributed by atoms with E-state index in [4.69, 9.17) is 32.7 Å². The normalized spacial score (nSPS) is 16.8. The van der Waals surface area contributed by atoms with Crippen LogP contribution in [0.25, 0.3) is 0 Å². The van der Waals surface area contributed by atoms with Gasteiger partial charge in [-0.2, -0.15) is 0 Å². The number of allylic oxidation sites excluding steroid dienone is 2. The van der Waals surface area contributed by atoms with Crippen molar-refractivity contribution in [3.05, 3.63) is 12.2 Å².